The van der Waals surface area contributed by atoms with Crippen LogP contribution in [0.1, 0.15) is 26.7 Å². The van der Waals surface area contributed by atoms with E-state index >= 15 is 0 Å². The molecule has 0 heterocycles. The van der Waals surface area contributed by atoms with Crippen molar-refractivity contribution in [1.82, 2.24) is 10.2 Å². The van der Waals surface area contributed by atoms with Gasteiger partial charge in [0.15, 0.2) is 0 Å². The maximum atomic E-state index is 11.7. The molecule has 1 aromatic rings. The van der Waals surface area contributed by atoms with Crippen molar-refractivity contribution < 1.29 is 4.79 Å². The van der Waals surface area contributed by atoms with Crippen molar-refractivity contribution >= 4 is 17.7 Å². The molecule has 3 nitrogen and oxygen atoms in total. The summed E-state index contributed by atoms with van der Waals surface area (Å²) < 4.78 is 0. The van der Waals surface area contributed by atoms with Crippen molar-refractivity contribution in [3.8, 4) is 0 Å². The van der Waals surface area contributed by atoms with E-state index in [4.69, 9.17) is 0 Å². The molecule has 0 unspecified atom stereocenters. The number of carbonyl (C=O) groups excluding carboxylic acids is 1. The first-order chi connectivity index (χ1) is 9.49. The van der Waals surface area contributed by atoms with Crippen LogP contribution in [-0.4, -0.2) is 42.7 Å². The third-order valence-corrected chi connectivity index (χ3v) is 4.14. The van der Waals surface area contributed by atoms with Gasteiger partial charge in [0.25, 0.3) is 0 Å². The Balaban J connectivity index is 2.45. The molecule has 0 spiro atoms. The van der Waals surface area contributed by atoms with Gasteiger partial charge >= 0.3 is 0 Å². The summed E-state index contributed by atoms with van der Waals surface area (Å²) in [4.78, 5) is 14.6. The molecular formula is C16H26N2OS. The third-order valence-electron chi connectivity index (χ3n) is 2.97. The van der Waals surface area contributed by atoms with E-state index in [0.717, 1.165) is 12.2 Å². The van der Waals surface area contributed by atoms with Crippen molar-refractivity contribution in [3.63, 3.8) is 0 Å². The van der Waals surface area contributed by atoms with Crippen molar-refractivity contribution in [2.75, 3.05) is 19.8 Å². The van der Waals surface area contributed by atoms with Gasteiger partial charge in [0.05, 0.1) is 0 Å². The predicted octanol–water partition coefficient (Wildman–Crippen LogP) is 3.01. The van der Waals surface area contributed by atoms with E-state index in [1.807, 2.05) is 31.9 Å². The molecule has 1 aromatic carbocycles. The molecule has 1 N–H and O–H groups in total. The van der Waals surface area contributed by atoms with Crippen molar-refractivity contribution in [3.05, 3.63) is 30.3 Å². The fraction of sp³-hybridized carbons (Fsp3) is 0.562. The van der Waals surface area contributed by atoms with Crippen LogP contribution >= 0.6 is 11.8 Å². The Labute approximate surface area is 127 Å². The number of amides is 1. The largest absolute Gasteiger partial charge is 0.349 e. The first-order valence-electron chi connectivity index (χ1n) is 7.13. The van der Waals surface area contributed by atoms with Crippen LogP contribution in [0.3, 0.4) is 0 Å². The lowest BCUT2D eigenvalue weighted by atomic mass is 10.1. The molecule has 0 aromatic heterocycles. The van der Waals surface area contributed by atoms with Crippen LogP contribution in [0.15, 0.2) is 35.2 Å². The van der Waals surface area contributed by atoms with Crippen LogP contribution in [-0.2, 0) is 4.79 Å². The summed E-state index contributed by atoms with van der Waals surface area (Å²) in [6.45, 7) is 4.29. The summed E-state index contributed by atoms with van der Waals surface area (Å²) in [5, 5.41) is 3.55. The molecule has 4 heteroatoms. The van der Waals surface area contributed by atoms with E-state index in [1.165, 1.54) is 4.90 Å². The molecule has 0 saturated heterocycles. The smallest absolute Gasteiger partial charge is 0.222 e. The average Bonchev–Trinajstić information content (AvgIpc) is 2.42. The van der Waals surface area contributed by atoms with Gasteiger partial charge in [0.1, 0.15) is 0 Å². The molecule has 112 valence electrons. The monoisotopic (exact) mass is 294 g/mol. The molecule has 0 aliphatic carbocycles. The van der Waals surface area contributed by atoms with E-state index in [1.54, 1.807) is 4.90 Å². The maximum absolute atomic E-state index is 11.7. The van der Waals surface area contributed by atoms with Gasteiger partial charge in [-0.2, -0.15) is 0 Å². The highest BCUT2D eigenvalue weighted by Crippen LogP contribution is 2.19. The Kier molecular flexibility index (Phi) is 7.70. The lowest BCUT2D eigenvalue weighted by Crippen LogP contribution is -2.37. The Bertz CT molecular complexity index is 393. The topological polar surface area (TPSA) is 32.3 Å². The normalized spacial score (nSPS) is 12.4. The number of benzene rings is 1. The van der Waals surface area contributed by atoms with E-state index in [0.29, 0.717) is 18.5 Å². The molecule has 0 saturated carbocycles. The number of hydrogen-bond acceptors (Lipinski definition) is 3. The van der Waals surface area contributed by atoms with Crippen LogP contribution in [0.25, 0.3) is 0 Å². The number of thioether (sulfide) groups is 1. The molecule has 0 fully saturated rings. The second kappa shape index (κ2) is 9.03. The minimum Gasteiger partial charge on any atom is -0.349 e. The summed E-state index contributed by atoms with van der Waals surface area (Å²) in [5.41, 5.74) is 0. The molecule has 0 aliphatic rings. The zero-order valence-electron chi connectivity index (χ0n) is 12.9. The van der Waals surface area contributed by atoms with Crippen molar-refractivity contribution in [2.45, 2.75) is 43.7 Å². The van der Waals surface area contributed by atoms with Crippen molar-refractivity contribution in [1.29, 1.82) is 0 Å². The van der Waals surface area contributed by atoms with Crippen molar-refractivity contribution in [2.24, 2.45) is 0 Å². The van der Waals surface area contributed by atoms with E-state index in [9.17, 15) is 4.79 Å². The molecule has 1 amide bonds. The Morgan fingerprint density at radius 3 is 2.45 bits per heavy atom. The standard InChI is InChI=1S/C16H26N2OS/c1-13(2)17-14(10-11-16(19)18(3)4)12-20-15-8-6-5-7-9-15/h5-9,13-14,17H,10-12H2,1-4H3/t14-/m1/s1. The number of nitrogens with one attached hydrogen (secondary N) is 1. The first-order valence-corrected chi connectivity index (χ1v) is 8.11. The lowest BCUT2D eigenvalue weighted by Gasteiger charge is -2.21. The third kappa shape index (κ3) is 6.96. The van der Waals surface area contributed by atoms with Gasteiger partial charge in [-0.3, -0.25) is 4.79 Å². The molecule has 1 atom stereocenters. The van der Waals surface area contributed by atoms with Gasteiger partial charge in [0, 0.05) is 43.2 Å². The van der Waals surface area contributed by atoms with Crippen LogP contribution in [0.5, 0.6) is 0 Å². The second-order valence-corrected chi connectivity index (χ2v) is 6.56. The van der Waals surface area contributed by atoms with Gasteiger partial charge in [-0.25, -0.2) is 0 Å². The molecule has 1 rings (SSSR count). The average molecular weight is 294 g/mol. The molecule has 0 radical (unpaired) electrons. The summed E-state index contributed by atoms with van der Waals surface area (Å²) in [5.74, 6) is 1.19. The summed E-state index contributed by atoms with van der Waals surface area (Å²) in [6.07, 6.45) is 1.49. The molecule has 0 bridgehead atoms. The van der Waals surface area contributed by atoms with Crippen LogP contribution in [0, 0.1) is 0 Å². The molecule has 20 heavy (non-hydrogen) atoms. The summed E-state index contributed by atoms with van der Waals surface area (Å²) in [6, 6.07) is 11.2. The lowest BCUT2D eigenvalue weighted by molar-refractivity contribution is -0.128. The summed E-state index contributed by atoms with van der Waals surface area (Å²) >= 11 is 1.84. The molecule has 0 aliphatic heterocycles. The fourth-order valence-corrected chi connectivity index (χ4v) is 2.93. The van der Waals surface area contributed by atoms with E-state index < -0.39 is 0 Å². The minimum atomic E-state index is 0.199. The van der Waals surface area contributed by atoms with Gasteiger partial charge < -0.3 is 10.2 Å². The fourth-order valence-electron chi connectivity index (χ4n) is 1.92. The minimum absolute atomic E-state index is 0.199. The maximum Gasteiger partial charge on any atom is 0.222 e. The Hall–Kier alpha value is -1.00. The Morgan fingerprint density at radius 2 is 1.90 bits per heavy atom. The zero-order valence-corrected chi connectivity index (χ0v) is 13.7. The van der Waals surface area contributed by atoms with E-state index in [2.05, 4.69) is 43.4 Å². The SMILES string of the molecule is CC(C)N[C@H](CCC(=O)N(C)C)CSc1ccccc1. The van der Waals surface area contributed by atoms with Crippen LogP contribution in [0.2, 0.25) is 0 Å². The van der Waals surface area contributed by atoms with E-state index in [-0.39, 0.29) is 5.91 Å². The zero-order chi connectivity index (χ0) is 15.0. The first kappa shape index (κ1) is 17.1. The van der Waals surface area contributed by atoms with Gasteiger partial charge in [-0.1, -0.05) is 32.0 Å². The Morgan fingerprint density at radius 1 is 1.25 bits per heavy atom. The predicted molar refractivity (Wildman–Crippen MR) is 87.2 cm³/mol. The van der Waals surface area contributed by atoms with Gasteiger partial charge in [0.2, 0.25) is 5.91 Å². The quantitative estimate of drug-likeness (QED) is 0.748. The highest BCUT2D eigenvalue weighted by atomic mass is 32.2. The summed E-state index contributed by atoms with van der Waals surface area (Å²) in [7, 11) is 3.62. The molecular weight excluding hydrogens is 268 g/mol. The van der Waals surface area contributed by atoms with Gasteiger partial charge in [-0.15, -0.1) is 11.8 Å². The van der Waals surface area contributed by atoms with Gasteiger partial charge in [-0.05, 0) is 18.6 Å². The number of carbonyl (C=O) groups is 1. The second-order valence-electron chi connectivity index (χ2n) is 5.47. The number of nitrogens with zero attached hydrogens (tertiary/aromatic N) is 1. The highest BCUT2D eigenvalue weighted by Gasteiger charge is 2.13. The number of rotatable bonds is 8. The van der Waals surface area contributed by atoms with Crippen LogP contribution in [0.4, 0.5) is 0 Å². The van der Waals surface area contributed by atoms with Crippen LogP contribution < -0.4 is 5.32 Å². The number of hydrogen-bond donors (Lipinski definition) is 1. The highest BCUT2D eigenvalue weighted by molar-refractivity contribution is 7.99.